The van der Waals surface area contributed by atoms with Crippen molar-refractivity contribution in [2.75, 3.05) is 32.6 Å². The largest absolute Gasteiger partial charge is 0.489 e. The van der Waals surface area contributed by atoms with E-state index in [0.717, 1.165) is 50.8 Å². The summed E-state index contributed by atoms with van der Waals surface area (Å²) < 4.78 is 6.32. The number of nitrogens with zero attached hydrogens (tertiary/aromatic N) is 2. The number of nitrogens with one attached hydrogen (secondary N) is 2. The van der Waals surface area contributed by atoms with Gasteiger partial charge in [0, 0.05) is 29.4 Å². The van der Waals surface area contributed by atoms with Gasteiger partial charge in [0.2, 0.25) is 0 Å². The normalized spacial score (nSPS) is 11.7. The molecular formula is C33H32N4O3. The summed E-state index contributed by atoms with van der Waals surface area (Å²) in [6.45, 7) is 1.77. The van der Waals surface area contributed by atoms with Crippen molar-refractivity contribution in [1.29, 1.82) is 0 Å². The number of hydrogen-bond donors (Lipinski definition) is 3. The van der Waals surface area contributed by atoms with Crippen LogP contribution in [0.25, 0.3) is 27.8 Å². The molecule has 5 rings (SSSR count). The summed E-state index contributed by atoms with van der Waals surface area (Å²) in [7, 11) is 4.12. The second-order valence-electron chi connectivity index (χ2n) is 9.97. The Labute approximate surface area is 233 Å². The molecule has 0 radical (unpaired) electrons. The Morgan fingerprint density at radius 1 is 0.950 bits per heavy atom. The van der Waals surface area contributed by atoms with Crippen LogP contribution in [0.4, 0.5) is 5.69 Å². The zero-order valence-electron chi connectivity index (χ0n) is 22.6. The number of benzene rings is 4. The second-order valence-corrected chi connectivity index (χ2v) is 9.97. The lowest BCUT2D eigenvalue weighted by Crippen LogP contribution is -2.18. The highest BCUT2D eigenvalue weighted by molar-refractivity contribution is 5.93. The van der Waals surface area contributed by atoms with Crippen LogP contribution in [-0.4, -0.2) is 48.2 Å². The third-order valence-electron chi connectivity index (χ3n) is 6.57. The molecule has 1 aromatic heterocycles. The van der Waals surface area contributed by atoms with Crippen LogP contribution in [0.5, 0.6) is 5.75 Å². The van der Waals surface area contributed by atoms with Gasteiger partial charge in [-0.15, -0.1) is 0 Å². The average molecular weight is 533 g/mol. The van der Waals surface area contributed by atoms with E-state index in [1.54, 1.807) is 17.6 Å². The Hall–Kier alpha value is -4.72. The molecule has 7 heteroatoms. The van der Waals surface area contributed by atoms with Gasteiger partial charge in [-0.1, -0.05) is 60.7 Å². The number of amides is 1. The third-order valence-corrected chi connectivity index (χ3v) is 6.57. The SMILES string of the molecule is CN(C)Cc1ccc2ncc(NC/C(=C\c3ccc(C(=O)NO)cc3)COc3cccc4ccccc34)cc2c1. The van der Waals surface area contributed by atoms with E-state index >= 15 is 0 Å². The monoisotopic (exact) mass is 532 g/mol. The Balaban J connectivity index is 1.38. The summed E-state index contributed by atoms with van der Waals surface area (Å²) >= 11 is 0. The number of pyridine rings is 1. The Bertz CT molecular complexity index is 1660. The standard InChI is InChI=1S/C33H32N4O3/c1-37(2)21-24-12-15-31-28(17-24)18-29(20-35-31)34-19-25(16-23-10-13-27(14-11-23)33(38)36-39)22-40-32-9-5-7-26-6-3-4-8-30(26)32/h3-18,20,34,39H,19,21-22H2,1-2H3,(H,36,38)/b25-16+. The van der Waals surface area contributed by atoms with Crippen LogP contribution < -0.4 is 15.5 Å². The highest BCUT2D eigenvalue weighted by Crippen LogP contribution is 2.26. The molecule has 0 atom stereocenters. The van der Waals surface area contributed by atoms with Gasteiger partial charge >= 0.3 is 0 Å². The van der Waals surface area contributed by atoms with Crippen molar-refractivity contribution < 1.29 is 14.7 Å². The van der Waals surface area contributed by atoms with Crippen LogP contribution in [0.1, 0.15) is 21.5 Å². The van der Waals surface area contributed by atoms with Gasteiger partial charge in [-0.25, -0.2) is 5.48 Å². The molecule has 4 aromatic carbocycles. The van der Waals surface area contributed by atoms with Crippen LogP contribution in [0, 0.1) is 0 Å². The topological polar surface area (TPSA) is 86.7 Å². The first-order valence-electron chi connectivity index (χ1n) is 13.1. The van der Waals surface area contributed by atoms with E-state index in [9.17, 15) is 4.79 Å². The molecular weight excluding hydrogens is 500 g/mol. The molecule has 0 saturated heterocycles. The molecule has 0 aliphatic carbocycles. The molecule has 0 aliphatic rings. The maximum Gasteiger partial charge on any atom is 0.274 e. The van der Waals surface area contributed by atoms with E-state index in [0.29, 0.717) is 18.7 Å². The third kappa shape index (κ3) is 6.64. The van der Waals surface area contributed by atoms with E-state index < -0.39 is 5.91 Å². The fourth-order valence-corrected chi connectivity index (χ4v) is 4.62. The summed E-state index contributed by atoms with van der Waals surface area (Å²) in [4.78, 5) is 18.5. The van der Waals surface area contributed by atoms with Crippen molar-refractivity contribution in [3.63, 3.8) is 0 Å². The van der Waals surface area contributed by atoms with Crippen LogP contribution in [0.2, 0.25) is 0 Å². The van der Waals surface area contributed by atoms with Gasteiger partial charge in [0.25, 0.3) is 5.91 Å². The zero-order chi connectivity index (χ0) is 27.9. The van der Waals surface area contributed by atoms with Crippen molar-refractivity contribution >= 4 is 39.3 Å². The van der Waals surface area contributed by atoms with Crippen LogP contribution >= 0.6 is 0 Å². The molecule has 7 nitrogen and oxygen atoms in total. The minimum atomic E-state index is -0.547. The summed E-state index contributed by atoms with van der Waals surface area (Å²) in [5, 5.41) is 15.7. The Morgan fingerprint density at radius 2 is 1.75 bits per heavy atom. The van der Waals surface area contributed by atoms with E-state index in [-0.39, 0.29) is 0 Å². The first kappa shape index (κ1) is 26.9. The maximum absolute atomic E-state index is 11.7. The van der Waals surface area contributed by atoms with Crippen molar-refractivity contribution in [2.45, 2.75) is 6.54 Å². The van der Waals surface area contributed by atoms with Gasteiger partial charge in [0.15, 0.2) is 0 Å². The number of anilines is 1. The molecule has 3 N–H and O–H groups in total. The van der Waals surface area contributed by atoms with E-state index in [2.05, 4.69) is 71.8 Å². The number of carbonyl (C=O) groups is 1. The number of fused-ring (bicyclic) bond motifs is 2. The molecule has 0 spiro atoms. The molecule has 0 unspecified atom stereocenters. The highest BCUT2D eigenvalue weighted by Gasteiger charge is 2.08. The quantitative estimate of drug-likeness (QED) is 0.148. The van der Waals surface area contributed by atoms with Gasteiger partial charge in [0.1, 0.15) is 12.4 Å². The molecule has 0 fully saturated rings. The summed E-state index contributed by atoms with van der Waals surface area (Å²) in [6.07, 6.45) is 3.89. The number of aromatic nitrogens is 1. The van der Waals surface area contributed by atoms with Crippen molar-refractivity contribution in [3.05, 3.63) is 119 Å². The van der Waals surface area contributed by atoms with Gasteiger partial charge in [0.05, 0.1) is 17.4 Å². The van der Waals surface area contributed by atoms with Crippen LogP contribution in [-0.2, 0) is 6.54 Å². The smallest absolute Gasteiger partial charge is 0.274 e. The lowest BCUT2D eigenvalue weighted by atomic mass is 10.1. The lowest BCUT2D eigenvalue weighted by Gasteiger charge is -2.15. The van der Waals surface area contributed by atoms with E-state index in [1.165, 1.54) is 5.56 Å². The first-order chi connectivity index (χ1) is 19.5. The predicted octanol–water partition coefficient (Wildman–Crippen LogP) is 6.14. The van der Waals surface area contributed by atoms with Crippen molar-refractivity contribution in [2.24, 2.45) is 0 Å². The van der Waals surface area contributed by atoms with Gasteiger partial charge in [-0.05, 0) is 72.6 Å². The molecule has 5 aromatic rings. The maximum atomic E-state index is 11.7. The minimum absolute atomic E-state index is 0.369. The van der Waals surface area contributed by atoms with Crippen molar-refractivity contribution in [3.8, 4) is 5.75 Å². The molecule has 0 aliphatic heterocycles. The Kier molecular flexibility index (Phi) is 8.35. The number of carbonyl (C=O) groups excluding carboxylic acids is 1. The molecule has 0 bridgehead atoms. The highest BCUT2D eigenvalue weighted by atomic mass is 16.5. The van der Waals surface area contributed by atoms with Crippen LogP contribution in [0.3, 0.4) is 0 Å². The van der Waals surface area contributed by atoms with Crippen molar-refractivity contribution in [1.82, 2.24) is 15.4 Å². The molecule has 1 heterocycles. The number of rotatable bonds is 10. The Morgan fingerprint density at radius 3 is 2.55 bits per heavy atom. The fraction of sp³-hybridized carbons (Fsp3) is 0.152. The van der Waals surface area contributed by atoms with E-state index in [1.807, 2.05) is 48.7 Å². The fourth-order valence-electron chi connectivity index (χ4n) is 4.62. The zero-order valence-corrected chi connectivity index (χ0v) is 22.6. The summed E-state index contributed by atoms with van der Waals surface area (Å²) in [6, 6.07) is 29.7. The molecule has 0 saturated carbocycles. The molecule has 1 amide bonds. The molecule has 40 heavy (non-hydrogen) atoms. The summed E-state index contributed by atoms with van der Waals surface area (Å²) in [5.74, 6) is 0.272. The van der Waals surface area contributed by atoms with E-state index in [4.69, 9.17) is 9.94 Å². The van der Waals surface area contributed by atoms with Gasteiger partial charge in [-0.3, -0.25) is 15.0 Å². The predicted molar refractivity (Wildman–Crippen MR) is 161 cm³/mol. The molecule has 202 valence electrons. The number of hydrogen-bond acceptors (Lipinski definition) is 6. The second kappa shape index (κ2) is 12.4. The number of ether oxygens (including phenoxy) is 1. The minimum Gasteiger partial charge on any atom is -0.489 e. The lowest BCUT2D eigenvalue weighted by molar-refractivity contribution is 0.0706. The van der Waals surface area contributed by atoms with Gasteiger partial charge < -0.3 is 15.0 Å². The first-order valence-corrected chi connectivity index (χ1v) is 13.1. The number of hydroxylamine groups is 1. The summed E-state index contributed by atoms with van der Waals surface area (Å²) in [5.41, 5.74) is 7.07. The van der Waals surface area contributed by atoms with Gasteiger partial charge in [-0.2, -0.15) is 0 Å². The average Bonchev–Trinajstić information content (AvgIpc) is 2.98. The van der Waals surface area contributed by atoms with Crippen LogP contribution in [0.15, 0.2) is 103 Å².